The first-order valence-corrected chi connectivity index (χ1v) is 6.93. The Morgan fingerprint density at radius 1 is 1.33 bits per heavy atom. The molecule has 0 heterocycles. The highest BCUT2D eigenvalue weighted by atomic mass is 16.5. The summed E-state index contributed by atoms with van der Waals surface area (Å²) in [5.74, 6) is 1.57. The first kappa shape index (κ1) is 13.1. The van der Waals surface area contributed by atoms with Crippen molar-refractivity contribution in [2.45, 2.75) is 45.4 Å². The van der Waals surface area contributed by atoms with Gasteiger partial charge in [-0.3, -0.25) is 4.79 Å². The third-order valence-electron chi connectivity index (χ3n) is 3.90. The van der Waals surface area contributed by atoms with Crippen molar-refractivity contribution < 1.29 is 9.53 Å². The predicted octanol–water partition coefficient (Wildman–Crippen LogP) is 3.56. The molecule has 1 aromatic rings. The lowest BCUT2D eigenvalue weighted by atomic mass is 9.83. The van der Waals surface area contributed by atoms with Gasteiger partial charge in [0, 0.05) is 12.3 Å². The highest BCUT2D eigenvalue weighted by Gasteiger charge is 2.23. The van der Waals surface area contributed by atoms with Gasteiger partial charge in [0.15, 0.2) is 0 Å². The number of methoxy groups -OCH3 is 1. The van der Waals surface area contributed by atoms with E-state index in [4.69, 9.17) is 4.74 Å². The van der Waals surface area contributed by atoms with Crippen LogP contribution in [0.4, 0.5) is 0 Å². The van der Waals surface area contributed by atoms with Gasteiger partial charge in [0.1, 0.15) is 11.5 Å². The Morgan fingerprint density at radius 3 is 2.83 bits per heavy atom. The Balaban J connectivity index is 2.18. The Hall–Kier alpha value is -1.31. The van der Waals surface area contributed by atoms with Crippen molar-refractivity contribution in [3.63, 3.8) is 0 Å². The molecule has 1 fully saturated rings. The minimum atomic E-state index is 0.208. The van der Waals surface area contributed by atoms with Crippen molar-refractivity contribution >= 4 is 5.78 Å². The second-order valence-electron chi connectivity index (χ2n) is 5.11. The maximum Gasteiger partial charge on any atom is 0.136 e. The van der Waals surface area contributed by atoms with E-state index in [0.717, 1.165) is 37.9 Å². The Kier molecular flexibility index (Phi) is 4.40. The number of Topliss-reactive ketones (excluding diaryl/α,β-unsaturated/α-hetero) is 1. The minimum absolute atomic E-state index is 0.208. The van der Waals surface area contributed by atoms with E-state index in [1.807, 2.05) is 6.07 Å². The van der Waals surface area contributed by atoms with Gasteiger partial charge in [0.25, 0.3) is 0 Å². The van der Waals surface area contributed by atoms with Gasteiger partial charge < -0.3 is 4.74 Å². The van der Waals surface area contributed by atoms with Crippen LogP contribution in [-0.4, -0.2) is 12.9 Å². The second kappa shape index (κ2) is 6.03. The van der Waals surface area contributed by atoms with E-state index in [9.17, 15) is 4.79 Å². The lowest BCUT2D eigenvalue weighted by Gasteiger charge is -2.21. The summed E-state index contributed by atoms with van der Waals surface area (Å²) in [6, 6.07) is 6.33. The Morgan fingerprint density at radius 2 is 2.17 bits per heavy atom. The maximum absolute atomic E-state index is 11.9. The maximum atomic E-state index is 11.9. The third kappa shape index (κ3) is 2.92. The quantitative estimate of drug-likeness (QED) is 0.812. The summed E-state index contributed by atoms with van der Waals surface area (Å²) in [7, 11) is 1.70. The fraction of sp³-hybridized carbons (Fsp3) is 0.562. The van der Waals surface area contributed by atoms with Gasteiger partial charge in [-0.1, -0.05) is 25.5 Å². The topological polar surface area (TPSA) is 26.3 Å². The first-order valence-electron chi connectivity index (χ1n) is 6.93. The van der Waals surface area contributed by atoms with E-state index < -0.39 is 0 Å². The molecule has 0 saturated heterocycles. The molecule has 0 bridgehead atoms. The summed E-state index contributed by atoms with van der Waals surface area (Å²) in [5, 5.41) is 0. The number of carbonyl (C=O) groups excluding carboxylic acids is 1. The minimum Gasteiger partial charge on any atom is -0.496 e. The summed E-state index contributed by atoms with van der Waals surface area (Å²) in [6.45, 7) is 2.15. The number of benzene rings is 1. The molecule has 0 N–H and O–H groups in total. The van der Waals surface area contributed by atoms with Crippen molar-refractivity contribution in [3.05, 3.63) is 29.3 Å². The summed E-state index contributed by atoms with van der Waals surface area (Å²) in [5.41, 5.74) is 2.51. The van der Waals surface area contributed by atoms with Crippen LogP contribution in [0, 0.1) is 5.92 Å². The largest absolute Gasteiger partial charge is 0.496 e. The number of hydrogen-bond donors (Lipinski definition) is 0. The number of ketones is 1. The van der Waals surface area contributed by atoms with Crippen LogP contribution in [0.15, 0.2) is 18.2 Å². The Bertz CT molecular complexity index is 423. The van der Waals surface area contributed by atoms with Crippen molar-refractivity contribution in [1.82, 2.24) is 0 Å². The number of hydrogen-bond acceptors (Lipinski definition) is 2. The molecule has 18 heavy (non-hydrogen) atoms. The van der Waals surface area contributed by atoms with Gasteiger partial charge in [-0.2, -0.15) is 0 Å². The molecule has 2 rings (SSSR count). The van der Waals surface area contributed by atoms with Crippen molar-refractivity contribution in [1.29, 1.82) is 0 Å². The van der Waals surface area contributed by atoms with Crippen LogP contribution in [0.2, 0.25) is 0 Å². The second-order valence-corrected chi connectivity index (χ2v) is 5.11. The van der Waals surface area contributed by atoms with Crippen molar-refractivity contribution in [3.8, 4) is 5.75 Å². The van der Waals surface area contributed by atoms with Crippen LogP contribution in [-0.2, 0) is 17.6 Å². The van der Waals surface area contributed by atoms with Gasteiger partial charge in [0.2, 0.25) is 0 Å². The predicted molar refractivity (Wildman–Crippen MR) is 73.0 cm³/mol. The van der Waals surface area contributed by atoms with Gasteiger partial charge >= 0.3 is 0 Å². The summed E-state index contributed by atoms with van der Waals surface area (Å²) < 4.78 is 5.41. The fourth-order valence-electron chi connectivity index (χ4n) is 2.75. The molecule has 1 aromatic carbocycles. The van der Waals surface area contributed by atoms with Crippen molar-refractivity contribution in [2.75, 3.05) is 7.11 Å². The van der Waals surface area contributed by atoms with Crippen LogP contribution in [0.3, 0.4) is 0 Å². The molecule has 0 aromatic heterocycles. The van der Waals surface area contributed by atoms with E-state index >= 15 is 0 Å². The van der Waals surface area contributed by atoms with E-state index in [-0.39, 0.29) is 5.92 Å². The highest BCUT2D eigenvalue weighted by Crippen LogP contribution is 2.29. The fourth-order valence-corrected chi connectivity index (χ4v) is 2.75. The average Bonchev–Trinajstić information content (AvgIpc) is 2.41. The molecular formula is C16H22O2. The molecule has 1 atom stereocenters. The molecule has 0 amide bonds. The molecule has 1 aliphatic rings. The summed E-state index contributed by atoms with van der Waals surface area (Å²) >= 11 is 0. The van der Waals surface area contributed by atoms with Gasteiger partial charge in [-0.05, 0) is 42.9 Å². The van der Waals surface area contributed by atoms with Crippen LogP contribution < -0.4 is 4.74 Å². The van der Waals surface area contributed by atoms with Gasteiger partial charge in [0.05, 0.1) is 7.11 Å². The molecule has 2 heteroatoms. The molecule has 2 nitrogen and oxygen atoms in total. The standard InChI is InChI=1S/C16H22O2/c1-3-12-8-9-16(18-2)14(10-12)11-13-6-4-5-7-15(13)17/h8-10,13H,3-7,11H2,1-2H3. The molecule has 1 aliphatic carbocycles. The van der Waals surface area contributed by atoms with Gasteiger partial charge in [-0.25, -0.2) is 0 Å². The zero-order chi connectivity index (χ0) is 13.0. The SMILES string of the molecule is CCc1ccc(OC)c(CC2CCCCC2=O)c1. The number of ether oxygens (including phenoxy) is 1. The molecule has 98 valence electrons. The normalized spacial score (nSPS) is 19.9. The number of aryl methyl sites for hydroxylation is 1. The highest BCUT2D eigenvalue weighted by molar-refractivity contribution is 5.82. The lowest BCUT2D eigenvalue weighted by Crippen LogP contribution is -2.21. The lowest BCUT2D eigenvalue weighted by molar-refractivity contribution is -0.124. The molecular weight excluding hydrogens is 224 g/mol. The zero-order valence-electron chi connectivity index (χ0n) is 11.4. The van der Waals surface area contributed by atoms with E-state index in [1.165, 1.54) is 17.5 Å². The molecule has 0 spiro atoms. The van der Waals surface area contributed by atoms with Crippen LogP contribution >= 0.6 is 0 Å². The number of rotatable bonds is 4. The van der Waals surface area contributed by atoms with E-state index in [1.54, 1.807) is 7.11 Å². The third-order valence-corrected chi connectivity index (χ3v) is 3.90. The average molecular weight is 246 g/mol. The molecule has 0 aliphatic heterocycles. The Labute approximate surface area is 109 Å². The molecule has 1 saturated carbocycles. The first-order chi connectivity index (χ1) is 8.74. The number of carbonyl (C=O) groups is 1. The van der Waals surface area contributed by atoms with Crippen LogP contribution in [0.5, 0.6) is 5.75 Å². The van der Waals surface area contributed by atoms with E-state index in [2.05, 4.69) is 19.1 Å². The van der Waals surface area contributed by atoms with Gasteiger partial charge in [-0.15, -0.1) is 0 Å². The van der Waals surface area contributed by atoms with E-state index in [0.29, 0.717) is 5.78 Å². The van der Waals surface area contributed by atoms with Crippen LogP contribution in [0.1, 0.15) is 43.7 Å². The monoisotopic (exact) mass is 246 g/mol. The van der Waals surface area contributed by atoms with Crippen molar-refractivity contribution in [2.24, 2.45) is 5.92 Å². The summed E-state index contributed by atoms with van der Waals surface area (Å²) in [6.07, 6.45) is 5.93. The molecule has 1 unspecified atom stereocenters. The smallest absolute Gasteiger partial charge is 0.136 e. The summed E-state index contributed by atoms with van der Waals surface area (Å²) in [4.78, 5) is 11.9. The zero-order valence-corrected chi connectivity index (χ0v) is 11.4. The molecule has 0 radical (unpaired) electrons. The van der Waals surface area contributed by atoms with Crippen LogP contribution in [0.25, 0.3) is 0 Å².